The van der Waals surface area contributed by atoms with Crippen LogP contribution in [0.4, 0.5) is 0 Å². The van der Waals surface area contributed by atoms with E-state index in [1.165, 1.54) is 77.3 Å². The highest BCUT2D eigenvalue weighted by atomic mass is 16.5. The predicted octanol–water partition coefficient (Wildman–Crippen LogP) is 3.51. The van der Waals surface area contributed by atoms with Gasteiger partial charge in [-0.05, 0) is 38.8 Å². The van der Waals surface area contributed by atoms with Gasteiger partial charge in [0.1, 0.15) is 0 Å². The summed E-state index contributed by atoms with van der Waals surface area (Å²) in [6.07, 6.45) is 13.4. The molecule has 0 aromatic rings. The van der Waals surface area contributed by atoms with Gasteiger partial charge >= 0.3 is 0 Å². The SMILES string of the molecule is C1CCCCOCCCCCCNCCC1. The van der Waals surface area contributed by atoms with E-state index in [9.17, 15) is 0 Å². The van der Waals surface area contributed by atoms with Crippen molar-refractivity contribution in [1.29, 1.82) is 0 Å². The quantitative estimate of drug-likeness (QED) is 0.684. The standard InChI is InChI=1S/C14H29NO/c1-2-5-9-13-16-14-10-6-4-8-12-15-11-7-3-1/h15H,1-14H2. The third kappa shape index (κ3) is 9.17. The maximum absolute atomic E-state index is 5.62. The van der Waals surface area contributed by atoms with Crippen LogP contribution in [0.2, 0.25) is 0 Å². The highest BCUT2D eigenvalue weighted by Gasteiger charge is 1.95. The van der Waals surface area contributed by atoms with Crippen molar-refractivity contribution in [3.05, 3.63) is 0 Å². The van der Waals surface area contributed by atoms with Gasteiger partial charge < -0.3 is 10.1 Å². The van der Waals surface area contributed by atoms with Gasteiger partial charge in [-0.25, -0.2) is 0 Å². The Morgan fingerprint density at radius 1 is 0.500 bits per heavy atom. The van der Waals surface area contributed by atoms with E-state index in [0.717, 1.165) is 13.2 Å². The summed E-state index contributed by atoms with van der Waals surface area (Å²) < 4.78 is 5.62. The first-order valence-electron chi connectivity index (χ1n) is 7.28. The van der Waals surface area contributed by atoms with E-state index >= 15 is 0 Å². The Balaban J connectivity index is 2.00. The van der Waals surface area contributed by atoms with Gasteiger partial charge in [-0.2, -0.15) is 0 Å². The van der Waals surface area contributed by atoms with Gasteiger partial charge in [-0.3, -0.25) is 0 Å². The Morgan fingerprint density at radius 3 is 1.50 bits per heavy atom. The second-order valence-corrected chi connectivity index (χ2v) is 4.90. The Labute approximate surface area is 101 Å². The maximum atomic E-state index is 5.62. The topological polar surface area (TPSA) is 21.3 Å². The molecule has 1 aliphatic heterocycles. The average molecular weight is 227 g/mol. The fraction of sp³-hybridized carbons (Fsp3) is 1.00. The van der Waals surface area contributed by atoms with Crippen LogP contribution in [0.1, 0.15) is 64.2 Å². The molecular weight excluding hydrogens is 198 g/mol. The minimum atomic E-state index is 0.980. The summed E-state index contributed by atoms with van der Waals surface area (Å²) in [6, 6.07) is 0. The van der Waals surface area contributed by atoms with Gasteiger partial charge in [-0.1, -0.05) is 38.5 Å². The van der Waals surface area contributed by atoms with Crippen LogP contribution in [-0.2, 0) is 4.74 Å². The van der Waals surface area contributed by atoms with Gasteiger partial charge in [0.05, 0.1) is 0 Å². The van der Waals surface area contributed by atoms with Crippen molar-refractivity contribution in [2.24, 2.45) is 0 Å². The van der Waals surface area contributed by atoms with E-state index < -0.39 is 0 Å². The third-order valence-electron chi connectivity index (χ3n) is 3.28. The summed E-state index contributed by atoms with van der Waals surface area (Å²) in [7, 11) is 0. The maximum Gasteiger partial charge on any atom is 0.0466 e. The Hall–Kier alpha value is -0.0800. The van der Waals surface area contributed by atoms with Gasteiger partial charge in [0.25, 0.3) is 0 Å². The van der Waals surface area contributed by atoms with Gasteiger partial charge in [0, 0.05) is 13.2 Å². The molecule has 0 bridgehead atoms. The van der Waals surface area contributed by atoms with Gasteiger partial charge in [0.2, 0.25) is 0 Å². The highest BCUT2D eigenvalue weighted by molar-refractivity contribution is 4.52. The molecule has 1 rings (SSSR count). The first-order valence-corrected chi connectivity index (χ1v) is 7.28. The lowest BCUT2D eigenvalue weighted by Gasteiger charge is -2.07. The Bertz CT molecular complexity index is 74.7. The van der Waals surface area contributed by atoms with Crippen molar-refractivity contribution in [3.8, 4) is 0 Å². The first-order chi connectivity index (χ1) is 8.00. The van der Waals surface area contributed by atoms with E-state index in [-0.39, 0.29) is 0 Å². The molecule has 16 heavy (non-hydrogen) atoms. The van der Waals surface area contributed by atoms with Crippen LogP contribution >= 0.6 is 0 Å². The summed E-state index contributed by atoms with van der Waals surface area (Å²) in [6.45, 7) is 4.40. The molecule has 0 aromatic carbocycles. The lowest BCUT2D eigenvalue weighted by molar-refractivity contribution is 0.125. The van der Waals surface area contributed by atoms with Crippen LogP contribution < -0.4 is 5.32 Å². The van der Waals surface area contributed by atoms with E-state index in [2.05, 4.69) is 5.32 Å². The van der Waals surface area contributed by atoms with Crippen LogP contribution in [0, 0.1) is 0 Å². The molecule has 0 aliphatic carbocycles. The number of hydrogen-bond acceptors (Lipinski definition) is 2. The van der Waals surface area contributed by atoms with E-state index in [1.807, 2.05) is 0 Å². The summed E-state index contributed by atoms with van der Waals surface area (Å²) in [5.74, 6) is 0. The number of ether oxygens (including phenoxy) is 1. The molecule has 0 atom stereocenters. The highest BCUT2D eigenvalue weighted by Crippen LogP contribution is 2.06. The predicted molar refractivity (Wildman–Crippen MR) is 69.9 cm³/mol. The van der Waals surface area contributed by atoms with Crippen LogP contribution in [0.25, 0.3) is 0 Å². The average Bonchev–Trinajstić information content (AvgIpc) is 2.29. The van der Waals surface area contributed by atoms with Crippen LogP contribution in [-0.4, -0.2) is 26.3 Å². The zero-order valence-electron chi connectivity index (χ0n) is 10.8. The van der Waals surface area contributed by atoms with E-state index in [0.29, 0.717) is 0 Å². The van der Waals surface area contributed by atoms with Crippen molar-refractivity contribution < 1.29 is 4.74 Å². The van der Waals surface area contributed by atoms with Gasteiger partial charge in [-0.15, -0.1) is 0 Å². The molecular formula is C14H29NO. The molecule has 96 valence electrons. The lowest BCUT2D eigenvalue weighted by atomic mass is 10.1. The smallest absolute Gasteiger partial charge is 0.0466 e. The Kier molecular flexibility index (Phi) is 9.97. The molecule has 0 amide bonds. The molecule has 1 heterocycles. The second-order valence-electron chi connectivity index (χ2n) is 4.90. The minimum absolute atomic E-state index is 0.980. The second kappa shape index (κ2) is 11.4. The van der Waals surface area contributed by atoms with Crippen molar-refractivity contribution >= 4 is 0 Å². The monoisotopic (exact) mass is 227 g/mol. The molecule has 1 N–H and O–H groups in total. The third-order valence-corrected chi connectivity index (χ3v) is 3.28. The largest absolute Gasteiger partial charge is 0.381 e. The molecule has 2 nitrogen and oxygen atoms in total. The molecule has 1 saturated heterocycles. The molecule has 0 radical (unpaired) electrons. The summed E-state index contributed by atoms with van der Waals surface area (Å²) in [4.78, 5) is 0. The lowest BCUT2D eigenvalue weighted by Crippen LogP contribution is -2.16. The van der Waals surface area contributed by atoms with Crippen molar-refractivity contribution in [2.75, 3.05) is 26.3 Å². The van der Waals surface area contributed by atoms with Crippen LogP contribution in [0.3, 0.4) is 0 Å². The number of nitrogens with one attached hydrogen (secondary N) is 1. The van der Waals surface area contributed by atoms with E-state index in [4.69, 9.17) is 4.74 Å². The van der Waals surface area contributed by atoms with Gasteiger partial charge in [0.15, 0.2) is 0 Å². The molecule has 0 saturated carbocycles. The zero-order valence-corrected chi connectivity index (χ0v) is 10.8. The van der Waals surface area contributed by atoms with Crippen LogP contribution in [0.15, 0.2) is 0 Å². The summed E-state index contributed by atoms with van der Waals surface area (Å²) in [5, 5.41) is 3.54. The number of hydrogen-bond donors (Lipinski definition) is 1. The fourth-order valence-electron chi connectivity index (χ4n) is 2.20. The molecule has 0 aromatic heterocycles. The van der Waals surface area contributed by atoms with E-state index in [1.54, 1.807) is 0 Å². The minimum Gasteiger partial charge on any atom is -0.381 e. The summed E-state index contributed by atoms with van der Waals surface area (Å²) >= 11 is 0. The van der Waals surface area contributed by atoms with Crippen molar-refractivity contribution in [1.82, 2.24) is 5.32 Å². The molecule has 0 unspecified atom stereocenters. The normalized spacial score (nSPS) is 24.0. The molecule has 1 aliphatic rings. The van der Waals surface area contributed by atoms with Crippen molar-refractivity contribution in [3.63, 3.8) is 0 Å². The molecule has 1 fully saturated rings. The molecule has 0 spiro atoms. The first kappa shape index (κ1) is 14.0. The Morgan fingerprint density at radius 2 is 0.938 bits per heavy atom. The number of rotatable bonds is 0. The summed E-state index contributed by atoms with van der Waals surface area (Å²) in [5.41, 5.74) is 0. The van der Waals surface area contributed by atoms with Crippen LogP contribution in [0.5, 0.6) is 0 Å². The van der Waals surface area contributed by atoms with Crippen molar-refractivity contribution in [2.45, 2.75) is 64.2 Å². The zero-order chi connectivity index (χ0) is 11.3. The molecule has 2 heteroatoms. The fourth-order valence-corrected chi connectivity index (χ4v) is 2.20.